The van der Waals surface area contributed by atoms with Crippen molar-refractivity contribution >= 4 is 23.6 Å². The zero-order valence-corrected chi connectivity index (χ0v) is 18.0. The first-order valence-electron chi connectivity index (χ1n) is 10.5. The Morgan fingerprint density at radius 2 is 1.68 bits per heavy atom. The summed E-state index contributed by atoms with van der Waals surface area (Å²) < 4.78 is 5.26. The topological polar surface area (TPSA) is 87.7 Å². The van der Waals surface area contributed by atoms with Gasteiger partial charge in [-0.3, -0.25) is 9.59 Å². The molecule has 2 atom stereocenters. The van der Waals surface area contributed by atoms with Crippen molar-refractivity contribution < 1.29 is 19.1 Å². The maximum atomic E-state index is 12.6. The molecule has 164 valence electrons. The van der Waals surface area contributed by atoms with E-state index in [-0.39, 0.29) is 30.4 Å². The average molecular weight is 424 g/mol. The zero-order valence-electron chi connectivity index (χ0n) is 18.0. The number of carbonyl (C=O) groups is 3. The number of rotatable bonds is 7. The highest BCUT2D eigenvalue weighted by atomic mass is 16.5. The summed E-state index contributed by atoms with van der Waals surface area (Å²) in [4.78, 5) is 38.0. The lowest BCUT2D eigenvalue weighted by Crippen LogP contribution is -2.34. The van der Waals surface area contributed by atoms with Crippen LogP contribution in [0.3, 0.4) is 0 Å². The highest BCUT2D eigenvalue weighted by Crippen LogP contribution is 2.27. The van der Waals surface area contributed by atoms with Gasteiger partial charge < -0.3 is 20.3 Å². The van der Waals surface area contributed by atoms with Crippen LogP contribution < -0.4 is 10.6 Å². The number of ether oxygens (including phenoxy) is 1. The van der Waals surface area contributed by atoms with Gasteiger partial charge in [-0.2, -0.15) is 0 Å². The molecule has 0 unspecified atom stereocenters. The molecule has 0 heterocycles. The lowest BCUT2D eigenvalue weighted by Gasteiger charge is -2.14. The Morgan fingerprint density at radius 1 is 0.968 bits per heavy atom. The first-order chi connectivity index (χ1) is 14.9. The summed E-state index contributed by atoms with van der Waals surface area (Å²) in [5, 5.41) is 5.78. The summed E-state index contributed by atoms with van der Waals surface area (Å²) >= 11 is 0. The molecule has 7 heteroatoms. The molecule has 1 aliphatic carbocycles. The van der Waals surface area contributed by atoms with Crippen LogP contribution >= 0.6 is 0 Å². The van der Waals surface area contributed by atoms with Crippen molar-refractivity contribution in [3.63, 3.8) is 0 Å². The fourth-order valence-corrected chi connectivity index (χ4v) is 3.57. The Balaban J connectivity index is 1.41. The largest absolute Gasteiger partial charge is 0.445 e. The molecule has 0 bridgehead atoms. The maximum Gasteiger partial charge on any atom is 0.407 e. The summed E-state index contributed by atoms with van der Waals surface area (Å²) in [6.07, 6.45) is 1.91. The van der Waals surface area contributed by atoms with E-state index in [1.54, 1.807) is 19.0 Å². The minimum Gasteiger partial charge on any atom is -0.445 e. The summed E-state index contributed by atoms with van der Waals surface area (Å²) in [6, 6.07) is 16.7. The van der Waals surface area contributed by atoms with Gasteiger partial charge in [0.25, 0.3) is 0 Å². The lowest BCUT2D eigenvalue weighted by atomic mass is 10.1. The molecule has 0 radical (unpaired) electrons. The molecule has 2 N–H and O–H groups in total. The second-order valence-electron chi connectivity index (χ2n) is 8.06. The minimum atomic E-state index is -0.460. The number of hydrogen-bond acceptors (Lipinski definition) is 4. The van der Waals surface area contributed by atoms with Crippen LogP contribution in [0.15, 0.2) is 54.6 Å². The Bertz CT molecular complexity index is 897. The van der Waals surface area contributed by atoms with Crippen LogP contribution in [0.1, 0.15) is 30.4 Å². The molecule has 0 aromatic heterocycles. The van der Waals surface area contributed by atoms with Gasteiger partial charge in [0.2, 0.25) is 11.8 Å². The van der Waals surface area contributed by atoms with Crippen molar-refractivity contribution in [3.8, 4) is 0 Å². The van der Waals surface area contributed by atoms with Crippen LogP contribution in [0.4, 0.5) is 10.5 Å². The second-order valence-corrected chi connectivity index (χ2v) is 8.06. The Morgan fingerprint density at radius 3 is 2.35 bits per heavy atom. The van der Waals surface area contributed by atoms with Gasteiger partial charge >= 0.3 is 6.09 Å². The van der Waals surface area contributed by atoms with Gasteiger partial charge in [-0.25, -0.2) is 4.79 Å². The van der Waals surface area contributed by atoms with Gasteiger partial charge in [0, 0.05) is 31.7 Å². The van der Waals surface area contributed by atoms with Gasteiger partial charge in [0.15, 0.2) is 0 Å². The van der Waals surface area contributed by atoms with E-state index in [0.717, 1.165) is 17.5 Å². The molecule has 3 rings (SSSR count). The van der Waals surface area contributed by atoms with E-state index in [1.807, 2.05) is 54.6 Å². The van der Waals surface area contributed by atoms with Crippen molar-refractivity contribution in [2.45, 2.75) is 38.3 Å². The van der Waals surface area contributed by atoms with Crippen molar-refractivity contribution in [2.75, 3.05) is 19.4 Å². The van der Waals surface area contributed by atoms with E-state index in [2.05, 4.69) is 10.6 Å². The monoisotopic (exact) mass is 423 g/mol. The van der Waals surface area contributed by atoms with Crippen molar-refractivity contribution in [1.29, 1.82) is 0 Å². The van der Waals surface area contributed by atoms with Crippen molar-refractivity contribution in [2.24, 2.45) is 5.92 Å². The van der Waals surface area contributed by atoms with Gasteiger partial charge in [0.05, 0.1) is 6.42 Å². The van der Waals surface area contributed by atoms with Gasteiger partial charge in [-0.1, -0.05) is 42.5 Å². The Labute approximate surface area is 182 Å². The third-order valence-corrected chi connectivity index (χ3v) is 5.41. The minimum absolute atomic E-state index is 0.0311. The van der Waals surface area contributed by atoms with E-state index in [1.165, 1.54) is 0 Å². The van der Waals surface area contributed by atoms with Gasteiger partial charge in [-0.15, -0.1) is 0 Å². The molecule has 2 aromatic rings. The van der Waals surface area contributed by atoms with E-state index >= 15 is 0 Å². The van der Waals surface area contributed by atoms with Crippen molar-refractivity contribution in [1.82, 2.24) is 10.2 Å². The van der Waals surface area contributed by atoms with Crippen LogP contribution in [-0.4, -0.2) is 42.9 Å². The summed E-state index contributed by atoms with van der Waals surface area (Å²) in [6.45, 7) is 0.222. The smallest absolute Gasteiger partial charge is 0.407 e. The third-order valence-electron chi connectivity index (χ3n) is 5.41. The standard InChI is InChI=1S/C24H29N3O4/c1-27(2)22(28)14-17-8-11-20(12-9-17)25-23(29)19-10-13-21(15-19)26-24(30)31-16-18-6-4-3-5-7-18/h3-9,11-12,19,21H,10,13-16H2,1-2H3,(H,25,29)(H,26,30)/t19-,21-/m1/s1. The third kappa shape index (κ3) is 6.84. The van der Waals surface area contributed by atoms with Crippen LogP contribution in [0.25, 0.3) is 0 Å². The summed E-state index contributed by atoms with van der Waals surface area (Å²) in [7, 11) is 3.45. The normalized spacial score (nSPS) is 17.6. The van der Waals surface area contributed by atoms with Crippen LogP contribution in [0.5, 0.6) is 0 Å². The fourth-order valence-electron chi connectivity index (χ4n) is 3.57. The number of carbonyl (C=O) groups excluding carboxylic acids is 3. The van der Waals surface area contributed by atoms with E-state index < -0.39 is 6.09 Å². The molecule has 0 spiro atoms. The number of nitrogens with one attached hydrogen (secondary N) is 2. The lowest BCUT2D eigenvalue weighted by molar-refractivity contribution is -0.128. The summed E-state index contributed by atoms with van der Waals surface area (Å²) in [5.74, 6) is -0.183. The number of nitrogens with zero attached hydrogens (tertiary/aromatic N) is 1. The van der Waals surface area contributed by atoms with E-state index in [0.29, 0.717) is 24.9 Å². The first-order valence-corrected chi connectivity index (χ1v) is 10.5. The van der Waals surface area contributed by atoms with Crippen LogP contribution in [0.2, 0.25) is 0 Å². The van der Waals surface area contributed by atoms with Gasteiger partial charge in [-0.05, 0) is 42.5 Å². The molecule has 1 saturated carbocycles. The number of amides is 3. The number of anilines is 1. The molecule has 3 amide bonds. The number of alkyl carbamates (subject to hydrolysis) is 1. The van der Waals surface area contributed by atoms with E-state index in [4.69, 9.17) is 4.74 Å². The number of benzene rings is 2. The maximum absolute atomic E-state index is 12.6. The van der Waals surface area contributed by atoms with Crippen LogP contribution in [-0.2, 0) is 27.4 Å². The molecule has 31 heavy (non-hydrogen) atoms. The average Bonchev–Trinajstić information content (AvgIpc) is 3.23. The number of hydrogen-bond donors (Lipinski definition) is 2. The molecular weight excluding hydrogens is 394 g/mol. The fraction of sp³-hybridized carbons (Fsp3) is 0.375. The Hall–Kier alpha value is -3.35. The molecule has 1 fully saturated rings. The second kappa shape index (κ2) is 10.6. The zero-order chi connectivity index (χ0) is 22.2. The molecule has 7 nitrogen and oxygen atoms in total. The predicted molar refractivity (Wildman–Crippen MR) is 118 cm³/mol. The molecule has 0 aliphatic heterocycles. The Kier molecular flexibility index (Phi) is 7.65. The highest BCUT2D eigenvalue weighted by Gasteiger charge is 2.31. The van der Waals surface area contributed by atoms with E-state index in [9.17, 15) is 14.4 Å². The number of likely N-dealkylation sites (N-methyl/N-ethyl adjacent to an activating group) is 1. The quantitative estimate of drug-likeness (QED) is 0.715. The molecule has 2 aromatic carbocycles. The van der Waals surface area contributed by atoms with Crippen molar-refractivity contribution in [3.05, 3.63) is 65.7 Å². The summed E-state index contributed by atoms with van der Waals surface area (Å²) in [5.41, 5.74) is 2.53. The van der Waals surface area contributed by atoms with Gasteiger partial charge in [0.1, 0.15) is 6.61 Å². The SMILES string of the molecule is CN(C)C(=O)Cc1ccc(NC(=O)[C@@H]2CC[C@@H](NC(=O)OCc3ccccc3)C2)cc1. The highest BCUT2D eigenvalue weighted by molar-refractivity contribution is 5.93. The molecular formula is C24H29N3O4. The first kappa shape index (κ1) is 22.3. The predicted octanol–water partition coefficient (Wildman–Crippen LogP) is 3.35. The molecule has 0 saturated heterocycles. The molecule has 1 aliphatic rings. The van der Waals surface area contributed by atoms with Crippen LogP contribution in [0, 0.1) is 5.92 Å².